The van der Waals surface area contributed by atoms with Gasteiger partial charge in [0.25, 0.3) is 5.91 Å². The fourth-order valence-corrected chi connectivity index (χ4v) is 5.30. The predicted molar refractivity (Wildman–Crippen MR) is 156 cm³/mol. The summed E-state index contributed by atoms with van der Waals surface area (Å²) in [4.78, 5) is 23.8. The van der Waals surface area contributed by atoms with Gasteiger partial charge in [-0.2, -0.15) is 18.3 Å². The second kappa shape index (κ2) is 11.8. The standard InChI is InChI=1S/C31H32F3N7O/c1-4-5-21-7-8-23(15-25(21)31(32,33)34)30(42)38-24-10-6-19(2)22(14-24)9-11-26-27-28(35)36-18-37-29(27)41(39-26)17-20-12-13-40(3)16-20/h6-8,10,14-15,18,20H,4-5,12-13,16-17H2,1-3H3,(H,38,42)(H2,35,36,37). The Morgan fingerprint density at radius 2 is 1.98 bits per heavy atom. The first-order chi connectivity index (χ1) is 20.0. The number of halogens is 3. The third-order valence-electron chi connectivity index (χ3n) is 7.49. The van der Waals surface area contributed by atoms with Crippen molar-refractivity contribution in [2.24, 2.45) is 5.92 Å². The molecule has 1 aliphatic heterocycles. The number of aromatic nitrogens is 4. The van der Waals surface area contributed by atoms with Gasteiger partial charge < -0.3 is 16.0 Å². The molecule has 1 unspecified atom stereocenters. The SMILES string of the molecule is CCCc1ccc(C(=O)Nc2ccc(C)c(C#Cc3nn(CC4CCN(C)C4)c4ncnc(N)c34)c2)cc1C(F)(F)F. The van der Waals surface area contributed by atoms with E-state index in [9.17, 15) is 18.0 Å². The highest BCUT2D eigenvalue weighted by Crippen LogP contribution is 2.33. The Hall–Kier alpha value is -4.43. The molecule has 3 heterocycles. The van der Waals surface area contributed by atoms with Gasteiger partial charge in [-0.1, -0.05) is 31.4 Å². The number of anilines is 2. The van der Waals surface area contributed by atoms with E-state index in [-0.39, 0.29) is 17.5 Å². The van der Waals surface area contributed by atoms with Gasteiger partial charge in [0.15, 0.2) is 5.65 Å². The van der Waals surface area contributed by atoms with Gasteiger partial charge in [0, 0.05) is 29.9 Å². The van der Waals surface area contributed by atoms with Crippen LogP contribution in [0.4, 0.5) is 24.7 Å². The number of nitrogens with zero attached hydrogens (tertiary/aromatic N) is 5. The first-order valence-electron chi connectivity index (χ1n) is 13.8. The average molecular weight is 576 g/mol. The molecule has 2 aromatic heterocycles. The second-order valence-electron chi connectivity index (χ2n) is 10.8. The minimum Gasteiger partial charge on any atom is -0.383 e. The van der Waals surface area contributed by atoms with Gasteiger partial charge in [-0.25, -0.2) is 14.6 Å². The molecule has 0 bridgehead atoms. The van der Waals surface area contributed by atoms with Gasteiger partial charge in [0.2, 0.25) is 0 Å². The molecule has 218 valence electrons. The molecule has 0 saturated carbocycles. The number of carbonyl (C=O) groups excluding carboxylic acids is 1. The smallest absolute Gasteiger partial charge is 0.383 e. The van der Waals surface area contributed by atoms with E-state index in [4.69, 9.17) is 10.8 Å². The molecule has 0 radical (unpaired) electrons. The van der Waals surface area contributed by atoms with E-state index < -0.39 is 17.6 Å². The molecule has 5 rings (SSSR count). The van der Waals surface area contributed by atoms with Crippen molar-refractivity contribution in [2.45, 2.75) is 45.8 Å². The number of likely N-dealkylation sites (tertiary alicyclic amines) is 1. The van der Waals surface area contributed by atoms with E-state index in [1.54, 1.807) is 18.2 Å². The molecule has 1 aliphatic rings. The normalized spacial score (nSPS) is 15.5. The maximum Gasteiger partial charge on any atom is 0.416 e. The lowest BCUT2D eigenvalue weighted by molar-refractivity contribution is -0.138. The molecule has 3 N–H and O–H groups in total. The van der Waals surface area contributed by atoms with E-state index in [0.717, 1.165) is 31.1 Å². The Kier molecular flexibility index (Phi) is 8.18. The van der Waals surface area contributed by atoms with Crippen LogP contribution in [0.15, 0.2) is 42.7 Å². The van der Waals surface area contributed by atoms with Crippen LogP contribution in [-0.4, -0.2) is 50.7 Å². The Bertz CT molecular complexity index is 1700. The van der Waals surface area contributed by atoms with Crippen LogP contribution in [0.2, 0.25) is 0 Å². The molecule has 42 heavy (non-hydrogen) atoms. The summed E-state index contributed by atoms with van der Waals surface area (Å²) in [7, 11) is 2.10. The van der Waals surface area contributed by atoms with Crippen molar-refractivity contribution < 1.29 is 18.0 Å². The summed E-state index contributed by atoms with van der Waals surface area (Å²) in [6.45, 7) is 6.39. The summed E-state index contributed by atoms with van der Waals surface area (Å²) in [5.41, 5.74) is 8.47. The molecule has 1 amide bonds. The van der Waals surface area contributed by atoms with Crippen molar-refractivity contribution in [3.63, 3.8) is 0 Å². The lowest BCUT2D eigenvalue weighted by Crippen LogP contribution is -2.17. The molecule has 11 heteroatoms. The number of nitrogens with one attached hydrogen (secondary N) is 1. The van der Waals surface area contributed by atoms with E-state index in [1.165, 1.54) is 18.5 Å². The zero-order valence-corrected chi connectivity index (χ0v) is 23.7. The number of carbonyl (C=O) groups is 1. The first kappa shape index (κ1) is 29.1. The highest BCUT2D eigenvalue weighted by atomic mass is 19.4. The number of hydrogen-bond acceptors (Lipinski definition) is 6. The van der Waals surface area contributed by atoms with Crippen molar-refractivity contribution in [3.8, 4) is 11.8 Å². The Balaban J connectivity index is 1.41. The van der Waals surface area contributed by atoms with Gasteiger partial charge in [0.05, 0.1) is 10.9 Å². The molecule has 2 aromatic carbocycles. The highest BCUT2D eigenvalue weighted by Gasteiger charge is 2.33. The summed E-state index contributed by atoms with van der Waals surface area (Å²) in [6.07, 6.45) is -1.22. The lowest BCUT2D eigenvalue weighted by Gasteiger charge is -2.14. The molecule has 0 aliphatic carbocycles. The molecule has 1 fully saturated rings. The van der Waals surface area contributed by atoms with Crippen molar-refractivity contribution in [1.29, 1.82) is 0 Å². The summed E-state index contributed by atoms with van der Waals surface area (Å²) >= 11 is 0. The number of hydrogen-bond donors (Lipinski definition) is 2. The summed E-state index contributed by atoms with van der Waals surface area (Å²) < 4.78 is 42.7. The molecular formula is C31H32F3N7O. The molecule has 1 saturated heterocycles. The van der Waals surface area contributed by atoms with Crippen LogP contribution in [-0.2, 0) is 19.1 Å². The van der Waals surface area contributed by atoms with E-state index >= 15 is 0 Å². The third kappa shape index (κ3) is 6.24. The Morgan fingerprint density at radius 3 is 2.69 bits per heavy atom. The monoisotopic (exact) mass is 575 g/mol. The first-order valence-corrected chi connectivity index (χ1v) is 13.8. The van der Waals surface area contributed by atoms with Crippen LogP contribution >= 0.6 is 0 Å². The number of amides is 1. The molecule has 0 spiro atoms. The number of nitrogen functional groups attached to an aromatic ring is 1. The minimum atomic E-state index is -4.55. The van der Waals surface area contributed by atoms with Crippen LogP contribution in [0.25, 0.3) is 11.0 Å². The molecule has 1 atom stereocenters. The molecule has 4 aromatic rings. The zero-order chi connectivity index (χ0) is 30.0. The Morgan fingerprint density at radius 1 is 1.17 bits per heavy atom. The number of nitrogens with two attached hydrogens (primary N) is 1. The lowest BCUT2D eigenvalue weighted by atomic mass is 9.99. The van der Waals surface area contributed by atoms with Crippen LogP contribution in [0, 0.1) is 24.7 Å². The summed E-state index contributed by atoms with van der Waals surface area (Å²) in [5, 5.41) is 8.01. The van der Waals surface area contributed by atoms with Gasteiger partial charge in [-0.05, 0) is 80.6 Å². The van der Waals surface area contributed by atoms with Crippen LogP contribution in [0.3, 0.4) is 0 Å². The number of aryl methyl sites for hydroxylation is 2. The van der Waals surface area contributed by atoms with Crippen molar-refractivity contribution in [3.05, 3.63) is 76.2 Å². The maximum atomic E-state index is 13.6. The van der Waals surface area contributed by atoms with Gasteiger partial charge in [-0.3, -0.25) is 4.79 Å². The van der Waals surface area contributed by atoms with Gasteiger partial charge in [0.1, 0.15) is 17.8 Å². The van der Waals surface area contributed by atoms with E-state index in [2.05, 4.69) is 39.1 Å². The number of benzene rings is 2. The van der Waals surface area contributed by atoms with Crippen molar-refractivity contribution in [1.82, 2.24) is 24.6 Å². The average Bonchev–Trinajstić information content (AvgIpc) is 3.52. The zero-order valence-electron chi connectivity index (χ0n) is 23.7. The van der Waals surface area contributed by atoms with Crippen LogP contribution < -0.4 is 11.1 Å². The van der Waals surface area contributed by atoms with E-state index in [0.29, 0.717) is 52.7 Å². The largest absolute Gasteiger partial charge is 0.416 e. The topological polar surface area (TPSA) is 102 Å². The van der Waals surface area contributed by atoms with Crippen LogP contribution in [0.5, 0.6) is 0 Å². The second-order valence-corrected chi connectivity index (χ2v) is 10.8. The Labute approximate surface area is 242 Å². The van der Waals surface area contributed by atoms with Crippen molar-refractivity contribution in [2.75, 3.05) is 31.2 Å². The molecular weight excluding hydrogens is 543 g/mol. The minimum absolute atomic E-state index is 0.0728. The van der Waals surface area contributed by atoms with Crippen LogP contribution in [0.1, 0.15) is 58.1 Å². The van der Waals surface area contributed by atoms with E-state index in [1.807, 2.05) is 18.5 Å². The van der Waals surface area contributed by atoms with Crippen molar-refractivity contribution >= 4 is 28.4 Å². The maximum absolute atomic E-state index is 13.6. The van der Waals surface area contributed by atoms with Gasteiger partial charge in [-0.15, -0.1) is 0 Å². The predicted octanol–water partition coefficient (Wildman–Crippen LogP) is 5.29. The summed E-state index contributed by atoms with van der Waals surface area (Å²) in [6, 6.07) is 8.86. The fourth-order valence-electron chi connectivity index (χ4n) is 5.30. The quantitative estimate of drug-likeness (QED) is 0.303. The molecule has 8 nitrogen and oxygen atoms in total. The van der Waals surface area contributed by atoms with Gasteiger partial charge >= 0.3 is 6.18 Å². The number of alkyl halides is 3. The highest BCUT2D eigenvalue weighted by molar-refractivity contribution is 6.04. The fraction of sp³-hybridized carbons (Fsp3) is 0.355. The third-order valence-corrected chi connectivity index (χ3v) is 7.49. The summed E-state index contributed by atoms with van der Waals surface area (Å²) in [5.74, 6) is 6.31. The number of fused-ring (bicyclic) bond motifs is 1. The number of rotatable bonds is 6.